The van der Waals surface area contributed by atoms with Crippen LogP contribution in [0.25, 0.3) is 27.4 Å². The molecule has 3 heterocycles. The van der Waals surface area contributed by atoms with Crippen molar-refractivity contribution in [3.8, 4) is 28.1 Å². The molecule has 8 heteroatoms. The number of nitrogens with zero attached hydrogens (tertiary/aromatic N) is 3. The molecule has 0 radical (unpaired) electrons. The topological polar surface area (TPSA) is 93.0 Å². The van der Waals surface area contributed by atoms with E-state index in [9.17, 15) is 10.2 Å². The van der Waals surface area contributed by atoms with Gasteiger partial charge in [-0.2, -0.15) is 0 Å². The van der Waals surface area contributed by atoms with E-state index in [1.807, 2.05) is 0 Å². The van der Waals surface area contributed by atoms with E-state index in [0.717, 1.165) is 0 Å². The minimum absolute atomic E-state index is 0.0409. The van der Waals surface area contributed by atoms with Crippen LogP contribution in [0, 0.1) is 0 Å². The Labute approximate surface area is 121 Å². The molecule has 0 fully saturated rings. The Morgan fingerprint density at radius 1 is 1.29 bits per heavy atom. The second kappa shape index (κ2) is 4.13. The molecule has 0 saturated heterocycles. The van der Waals surface area contributed by atoms with E-state index in [2.05, 4.69) is 10.1 Å². The summed E-state index contributed by atoms with van der Waals surface area (Å²) in [6.45, 7) is 0. The summed E-state index contributed by atoms with van der Waals surface area (Å²) >= 11 is 1.31. The van der Waals surface area contributed by atoms with Gasteiger partial charge in [0.2, 0.25) is 4.96 Å². The SMILES string of the molecule is COc1nn2cc(-c3cc4c(O)cc(O)cc4o3)nc2s1. The van der Waals surface area contributed by atoms with Gasteiger partial charge in [0.15, 0.2) is 5.76 Å². The zero-order chi connectivity index (χ0) is 14.6. The van der Waals surface area contributed by atoms with E-state index < -0.39 is 0 Å². The lowest BCUT2D eigenvalue weighted by Gasteiger charge is -1.94. The average Bonchev–Trinajstić information content (AvgIpc) is 3.08. The maximum Gasteiger partial charge on any atom is 0.294 e. The van der Waals surface area contributed by atoms with Crippen LogP contribution in [0.3, 0.4) is 0 Å². The minimum atomic E-state index is -0.0573. The van der Waals surface area contributed by atoms with Gasteiger partial charge in [0.05, 0.1) is 18.7 Å². The summed E-state index contributed by atoms with van der Waals surface area (Å²) in [6.07, 6.45) is 1.71. The third-order valence-corrected chi connectivity index (χ3v) is 3.94. The highest BCUT2D eigenvalue weighted by Crippen LogP contribution is 2.36. The van der Waals surface area contributed by atoms with E-state index in [0.29, 0.717) is 32.6 Å². The quantitative estimate of drug-likeness (QED) is 0.591. The molecule has 1 aromatic carbocycles. The molecule has 0 aliphatic heterocycles. The lowest BCUT2D eigenvalue weighted by Crippen LogP contribution is -1.84. The number of phenolic OH excluding ortho intramolecular Hbond substituents is 2. The number of ether oxygens (including phenoxy) is 1. The molecule has 4 rings (SSSR count). The van der Waals surface area contributed by atoms with Crippen LogP contribution >= 0.6 is 11.3 Å². The van der Waals surface area contributed by atoms with Crippen LogP contribution in [-0.2, 0) is 0 Å². The molecule has 0 unspecified atom stereocenters. The summed E-state index contributed by atoms with van der Waals surface area (Å²) in [5.41, 5.74) is 0.982. The van der Waals surface area contributed by atoms with Gasteiger partial charge in [0, 0.05) is 12.1 Å². The van der Waals surface area contributed by atoms with E-state index in [1.54, 1.807) is 23.9 Å². The van der Waals surface area contributed by atoms with Crippen molar-refractivity contribution in [2.75, 3.05) is 7.11 Å². The number of imidazole rings is 1. The molecular formula is C13H9N3O4S. The summed E-state index contributed by atoms with van der Waals surface area (Å²) < 4.78 is 12.3. The lowest BCUT2D eigenvalue weighted by atomic mass is 10.2. The van der Waals surface area contributed by atoms with Crippen molar-refractivity contribution < 1.29 is 19.4 Å². The summed E-state index contributed by atoms with van der Waals surface area (Å²) in [4.78, 5) is 5.08. The van der Waals surface area contributed by atoms with Gasteiger partial charge in [-0.15, -0.1) is 5.10 Å². The zero-order valence-electron chi connectivity index (χ0n) is 10.8. The zero-order valence-corrected chi connectivity index (χ0v) is 11.6. The predicted octanol–water partition coefficient (Wildman–Crippen LogP) is 2.62. The molecular weight excluding hydrogens is 294 g/mol. The van der Waals surface area contributed by atoms with Gasteiger partial charge in [0.1, 0.15) is 22.8 Å². The van der Waals surface area contributed by atoms with Crippen LogP contribution in [0.4, 0.5) is 0 Å². The molecule has 7 nitrogen and oxygen atoms in total. The van der Waals surface area contributed by atoms with Gasteiger partial charge in [0.25, 0.3) is 5.19 Å². The second-order valence-electron chi connectivity index (χ2n) is 4.41. The van der Waals surface area contributed by atoms with E-state index >= 15 is 0 Å². The molecule has 0 saturated carbocycles. The first-order valence-corrected chi connectivity index (χ1v) is 6.82. The number of phenols is 2. The van der Waals surface area contributed by atoms with Crippen molar-refractivity contribution in [2.24, 2.45) is 0 Å². The summed E-state index contributed by atoms with van der Waals surface area (Å²) in [5.74, 6) is 0.390. The molecule has 4 aromatic rings. The monoisotopic (exact) mass is 303 g/mol. The highest BCUT2D eigenvalue weighted by Gasteiger charge is 2.15. The number of rotatable bonds is 2. The minimum Gasteiger partial charge on any atom is -0.508 e. The molecule has 0 bridgehead atoms. The van der Waals surface area contributed by atoms with Crippen LogP contribution < -0.4 is 4.74 Å². The average molecular weight is 303 g/mol. The van der Waals surface area contributed by atoms with E-state index in [-0.39, 0.29) is 11.5 Å². The highest BCUT2D eigenvalue weighted by atomic mass is 32.1. The van der Waals surface area contributed by atoms with Gasteiger partial charge >= 0.3 is 0 Å². The number of furan rings is 1. The maximum atomic E-state index is 9.81. The lowest BCUT2D eigenvalue weighted by molar-refractivity contribution is 0.405. The van der Waals surface area contributed by atoms with Crippen LogP contribution in [-0.4, -0.2) is 31.9 Å². The number of aromatic hydroxyl groups is 2. The number of aromatic nitrogens is 3. The fourth-order valence-corrected chi connectivity index (χ4v) is 2.81. The smallest absolute Gasteiger partial charge is 0.294 e. The number of hydrogen-bond donors (Lipinski definition) is 2. The molecule has 21 heavy (non-hydrogen) atoms. The fraction of sp³-hybridized carbons (Fsp3) is 0.0769. The van der Waals surface area contributed by atoms with Gasteiger partial charge in [-0.05, 0) is 17.4 Å². The molecule has 0 aliphatic rings. The maximum absolute atomic E-state index is 9.81. The third-order valence-electron chi connectivity index (χ3n) is 3.05. The second-order valence-corrected chi connectivity index (χ2v) is 5.33. The third kappa shape index (κ3) is 1.80. The Hall–Kier alpha value is -2.74. The van der Waals surface area contributed by atoms with Gasteiger partial charge in [-0.25, -0.2) is 9.50 Å². The fourth-order valence-electron chi connectivity index (χ4n) is 2.12. The van der Waals surface area contributed by atoms with E-state index in [4.69, 9.17) is 9.15 Å². The molecule has 106 valence electrons. The molecule has 3 aromatic heterocycles. The largest absolute Gasteiger partial charge is 0.508 e. The van der Waals surface area contributed by atoms with Crippen LogP contribution in [0.15, 0.2) is 28.8 Å². The van der Waals surface area contributed by atoms with Crippen molar-refractivity contribution in [1.82, 2.24) is 14.6 Å². The van der Waals surface area contributed by atoms with Crippen molar-refractivity contribution >= 4 is 27.3 Å². The first-order chi connectivity index (χ1) is 10.1. The number of methoxy groups -OCH3 is 1. The molecule has 0 amide bonds. The number of benzene rings is 1. The Kier molecular flexibility index (Phi) is 2.36. The summed E-state index contributed by atoms with van der Waals surface area (Å²) in [6, 6.07) is 4.38. The van der Waals surface area contributed by atoms with Crippen molar-refractivity contribution in [3.63, 3.8) is 0 Å². The Balaban J connectivity index is 1.87. The van der Waals surface area contributed by atoms with Crippen molar-refractivity contribution in [1.29, 1.82) is 0 Å². The molecule has 0 atom stereocenters. The highest BCUT2D eigenvalue weighted by molar-refractivity contribution is 7.18. The van der Waals surface area contributed by atoms with Gasteiger partial charge in [-0.1, -0.05) is 0 Å². The van der Waals surface area contributed by atoms with E-state index in [1.165, 1.54) is 23.5 Å². The molecule has 0 aliphatic carbocycles. The molecule has 2 N–H and O–H groups in total. The summed E-state index contributed by atoms with van der Waals surface area (Å²) in [5, 5.41) is 24.5. The molecule has 0 spiro atoms. The van der Waals surface area contributed by atoms with Gasteiger partial charge < -0.3 is 19.4 Å². The van der Waals surface area contributed by atoms with Gasteiger partial charge in [-0.3, -0.25) is 0 Å². The first kappa shape index (κ1) is 12.0. The normalized spacial score (nSPS) is 11.5. The van der Waals surface area contributed by atoms with Crippen LogP contribution in [0.5, 0.6) is 16.7 Å². The summed E-state index contributed by atoms with van der Waals surface area (Å²) in [7, 11) is 1.55. The van der Waals surface area contributed by atoms with Crippen molar-refractivity contribution in [3.05, 3.63) is 24.4 Å². The van der Waals surface area contributed by atoms with Crippen molar-refractivity contribution in [2.45, 2.75) is 0 Å². The van der Waals surface area contributed by atoms with Crippen LogP contribution in [0.1, 0.15) is 0 Å². The number of hydrogen-bond acceptors (Lipinski definition) is 7. The Morgan fingerprint density at radius 2 is 2.14 bits per heavy atom. The first-order valence-electron chi connectivity index (χ1n) is 6.00. The standard InChI is InChI=1S/C13H9N3O4S/c1-19-13-15-16-5-8(14-12(16)21-13)11-4-7-9(18)2-6(17)3-10(7)20-11/h2-5,17-18H,1H3. The Morgan fingerprint density at radius 3 is 2.90 bits per heavy atom. The Bertz CT molecular complexity index is 937. The number of fused-ring (bicyclic) bond motifs is 2. The predicted molar refractivity (Wildman–Crippen MR) is 76.0 cm³/mol. The van der Waals surface area contributed by atoms with Crippen LogP contribution in [0.2, 0.25) is 0 Å².